The third-order valence-electron chi connectivity index (χ3n) is 4.15. The van der Waals surface area contributed by atoms with Crippen LogP contribution < -0.4 is 10.3 Å². The lowest BCUT2D eigenvalue weighted by molar-refractivity contribution is 0.607. The van der Waals surface area contributed by atoms with Crippen LogP contribution in [0.4, 0.5) is 5.13 Å². The zero-order valence-corrected chi connectivity index (χ0v) is 17.8. The minimum absolute atomic E-state index is 0.0831. The number of nitrogens with one attached hydrogen (secondary N) is 1. The monoisotopic (exact) mass is 446 g/mol. The summed E-state index contributed by atoms with van der Waals surface area (Å²) in [4.78, 5) is 22.2. The Labute approximate surface area is 175 Å². The maximum Gasteiger partial charge on any atom is 0.278 e. The van der Waals surface area contributed by atoms with Crippen molar-refractivity contribution in [2.45, 2.75) is 6.92 Å². The van der Waals surface area contributed by atoms with Crippen molar-refractivity contribution in [1.29, 1.82) is 0 Å². The Morgan fingerprint density at radius 1 is 1.07 bits per heavy atom. The maximum atomic E-state index is 13.5. The zero-order chi connectivity index (χ0) is 20.8. The molecule has 0 amide bonds. The number of anilines is 1. The number of halogens is 1. The zero-order valence-electron chi connectivity index (χ0n) is 15.4. The van der Waals surface area contributed by atoms with Crippen molar-refractivity contribution in [2.24, 2.45) is 0 Å². The molecular weight excluding hydrogens is 432 g/mol. The Kier molecular flexibility index (Phi) is 4.89. The Balaban J connectivity index is 2.09. The summed E-state index contributed by atoms with van der Waals surface area (Å²) in [5.74, 6) is 0.371. The number of nitrogens with zero attached hydrogens (tertiary/aromatic N) is 3. The van der Waals surface area contributed by atoms with Gasteiger partial charge in [0, 0.05) is 5.56 Å². The normalized spacial score (nSPS) is 11.7. The number of sulfonamides is 1. The van der Waals surface area contributed by atoms with E-state index < -0.39 is 10.0 Å². The fourth-order valence-corrected chi connectivity index (χ4v) is 4.95. The predicted molar refractivity (Wildman–Crippen MR) is 117 cm³/mol. The standard InChI is InChI=1S/C19H15ClN4O3S2/c1-11-7-6-10-13(20)14(11)24-17(12-8-4-3-5-9-12)21-16-15(18(24)25)28-19(22-16)23-29(2,26)27/h3-10H,1-2H3,(H,22,23). The lowest BCUT2D eigenvalue weighted by atomic mass is 10.1. The SMILES string of the molecule is Cc1cccc(Cl)c1-n1c(-c2ccccc2)nc2nc(NS(C)(=O)=O)sc2c1=O. The molecule has 2 heterocycles. The molecule has 0 unspecified atom stereocenters. The highest BCUT2D eigenvalue weighted by molar-refractivity contribution is 7.92. The van der Waals surface area contributed by atoms with E-state index in [0.29, 0.717) is 22.1 Å². The summed E-state index contributed by atoms with van der Waals surface area (Å²) in [6.07, 6.45) is 1.02. The second kappa shape index (κ2) is 7.25. The van der Waals surface area contributed by atoms with Crippen LogP contribution in [0, 0.1) is 6.92 Å². The van der Waals surface area contributed by atoms with E-state index in [4.69, 9.17) is 11.6 Å². The Bertz CT molecular complexity index is 1380. The molecule has 0 spiro atoms. The highest BCUT2D eigenvalue weighted by Crippen LogP contribution is 2.30. The van der Waals surface area contributed by atoms with Crippen LogP contribution in [0.15, 0.2) is 53.3 Å². The Morgan fingerprint density at radius 3 is 2.45 bits per heavy atom. The van der Waals surface area contributed by atoms with Crippen LogP contribution in [0.3, 0.4) is 0 Å². The van der Waals surface area contributed by atoms with Gasteiger partial charge in [0.2, 0.25) is 10.0 Å². The highest BCUT2D eigenvalue weighted by Gasteiger charge is 2.21. The smallest absolute Gasteiger partial charge is 0.267 e. The van der Waals surface area contributed by atoms with E-state index in [9.17, 15) is 13.2 Å². The molecule has 4 aromatic rings. The summed E-state index contributed by atoms with van der Waals surface area (Å²) in [6.45, 7) is 1.86. The Morgan fingerprint density at radius 2 is 1.79 bits per heavy atom. The fourth-order valence-electron chi connectivity index (χ4n) is 2.97. The van der Waals surface area contributed by atoms with Crippen molar-refractivity contribution in [3.63, 3.8) is 0 Å². The first kappa shape index (κ1) is 19.6. The predicted octanol–water partition coefficient (Wildman–Crippen LogP) is 3.84. The van der Waals surface area contributed by atoms with Crippen LogP contribution in [0.1, 0.15) is 5.56 Å². The largest absolute Gasteiger partial charge is 0.278 e. The van der Waals surface area contributed by atoms with Gasteiger partial charge in [-0.15, -0.1) is 0 Å². The van der Waals surface area contributed by atoms with Crippen LogP contribution in [0.5, 0.6) is 0 Å². The number of benzene rings is 2. The summed E-state index contributed by atoms with van der Waals surface area (Å²) in [7, 11) is -3.54. The first-order valence-electron chi connectivity index (χ1n) is 8.47. The number of aryl methyl sites for hydroxylation is 1. The number of thiazole rings is 1. The van der Waals surface area contributed by atoms with Crippen molar-refractivity contribution in [3.05, 3.63) is 69.5 Å². The average Bonchev–Trinajstić information content (AvgIpc) is 3.04. The van der Waals surface area contributed by atoms with E-state index in [1.54, 1.807) is 12.1 Å². The molecule has 0 bridgehead atoms. The molecule has 10 heteroatoms. The molecule has 2 aromatic carbocycles. The highest BCUT2D eigenvalue weighted by atomic mass is 35.5. The van der Waals surface area contributed by atoms with Gasteiger partial charge in [0.15, 0.2) is 10.8 Å². The summed E-state index contributed by atoms with van der Waals surface area (Å²) >= 11 is 7.38. The summed E-state index contributed by atoms with van der Waals surface area (Å²) in [5, 5.41) is 0.490. The van der Waals surface area contributed by atoms with Crippen LogP contribution in [0.25, 0.3) is 27.4 Å². The summed E-state index contributed by atoms with van der Waals surface area (Å²) < 4.78 is 27.1. The number of fused-ring (bicyclic) bond motifs is 1. The van der Waals surface area contributed by atoms with E-state index >= 15 is 0 Å². The number of hydrogen-bond acceptors (Lipinski definition) is 6. The fraction of sp³-hybridized carbons (Fsp3) is 0.105. The van der Waals surface area contributed by atoms with Crippen LogP contribution in [-0.2, 0) is 10.0 Å². The van der Waals surface area contributed by atoms with Crippen molar-refractivity contribution >= 4 is 48.4 Å². The molecule has 148 valence electrons. The molecule has 7 nitrogen and oxygen atoms in total. The molecule has 0 radical (unpaired) electrons. The second-order valence-corrected chi connectivity index (χ2v) is 9.55. The van der Waals surface area contributed by atoms with Gasteiger partial charge in [0.25, 0.3) is 5.56 Å². The van der Waals surface area contributed by atoms with E-state index in [2.05, 4.69) is 14.7 Å². The molecule has 1 N–H and O–H groups in total. The third kappa shape index (κ3) is 3.76. The summed E-state index contributed by atoms with van der Waals surface area (Å²) in [5.41, 5.74) is 1.84. The maximum absolute atomic E-state index is 13.5. The number of aromatic nitrogens is 3. The number of para-hydroxylation sites is 1. The van der Waals surface area contributed by atoms with Crippen molar-refractivity contribution in [3.8, 4) is 17.1 Å². The van der Waals surface area contributed by atoms with Crippen LogP contribution in [0.2, 0.25) is 5.02 Å². The Hall–Kier alpha value is -2.75. The molecule has 0 aliphatic heterocycles. The second-order valence-electron chi connectivity index (χ2n) is 6.39. The molecule has 0 aliphatic carbocycles. The van der Waals surface area contributed by atoms with Gasteiger partial charge in [-0.05, 0) is 18.6 Å². The molecule has 0 saturated heterocycles. The van der Waals surface area contributed by atoms with Gasteiger partial charge < -0.3 is 0 Å². The van der Waals surface area contributed by atoms with Gasteiger partial charge in [-0.25, -0.2) is 13.4 Å². The molecule has 0 aliphatic rings. The minimum Gasteiger partial charge on any atom is -0.267 e. The molecule has 0 atom stereocenters. The minimum atomic E-state index is -3.54. The van der Waals surface area contributed by atoms with Crippen molar-refractivity contribution in [1.82, 2.24) is 14.5 Å². The molecule has 4 rings (SSSR count). The lowest BCUT2D eigenvalue weighted by Crippen LogP contribution is -2.22. The number of rotatable bonds is 4. The van der Waals surface area contributed by atoms with Gasteiger partial charge in [-0.1, -0.05) is 65.4 Å². The van der Waals surface area contributed by atoms with Gasteiger partial charge in [0.05, 0.1) is 17.0 Å². The molecule has 29 heavy (non-hydrogen) atoms. The number of hydrogen-bond donors (Lipinski definition) is 1. The molecule has 0 fully saturated rings. The average molecular weight is 447 g/mol. The van der Waals surface area contributed by atoms with Gasteiger partial charge in [0.1, 0.15) is 10.5 Å². The van der Waals surface area contributed by atoms with Gasteiger partial charge in [-0.3, -0.25) is 14.1 Å². The molecular formula is C19H15ClN4O3S2. The first-order valence-corrected chi connectivity index (χ1v) is 11.6. The first-order chi connectivity index (χ1) is 13.7. The van der Waals surface area contributed by atoms with Crippen LogP contribution in [-0.4, -0.2) is 29.2 Å². The van der Waals surface area contributed by atoms with E-state index in [1.807, 2.05) is 43.3 Å². The van der Waals surface area contributed by atoms with Gasteiger partial charge >= 0.3 is 0 Å². The van der Waals surface area contributed by atoms with E-state index in [0.717, 1.165) is 23.2 Å². The topological polar surface area (TPSA) is 93.9 Å². The molecule has 0 saturated carbocycles. The van der Waals surface area contributed by atoms with Gasteiger partial charge in [-0.2, -0.15) is 4.98 Å². The molecule has 2 aromatic heterocycles. The summed E-state index contributed by atoms with van der Waals surface area (Å²) in [6, 6.07) is 14.6. The van der Waals surface area contributed by atoms with Crippen molar-refractivity contribution < 1.29 is 8.42 Å². The van der Waals surface area contributed by atoms with E-state index in [1.165, 1.54) is 4.57 Å². The van der Waals surface area contributed by atoms with E-state index in [-0.39, 0.29) is 21.0 Å². The van der Waals surface area contributed by atoms with Crippen LogP contribution >= 0.6 is 22.9 Å². The third-order valence-corrected chi connectivity index (χ3v) is 6.09. The van der Waals surface area contributed by atoms with Crippen molar-refractivity contribution in [2.75, 3.05) is 11.0 Å². The quantitative estimate of drug-likeness (QED) is 0.514. The lowest BCUT2D eigenvalue weighted by Gasteiger charge is -2.15.